The molecule has 2 aromatic carbocycles. The summed E-state index contributed by atoms with van der Waals surface area (Å²) in [4.78, 5) is 53.1. The number of rotatable bonds is 13. The monoisotopic (exact) mass is 707 g/mol. The Kier molecular flexibility index (Phi) is 13.5. The van der Waals surface area contributed by atoms with Gasteiger partial charge in [0, 0.05) is 45.1 Å². The third kappa shape index (κ3) is 11.6. The van der Waals surface area contributed by atoms with Gasteiger partial charge < -0.3 is 44.7 Å². The van der Waals surface area contributed by atoms with Crippen LogP contribution in [0.5, 0.6) is 5.75 Å². The molecule has 13 heteroatoms. The third-order valence-corrected chi connectivity index (χ3v) is 9.33. The van der Waals surface area contributed by atoms with Crippen LogP contribution in [-0.4, -0.2) is 117 Å². The van der Waals surface area contributed by atoms with Crippen LogP contribution in [0, 0.1) is 5.92 Å². The zero-order valence-electron chi connectivity index (χ0n) is 30.1. The number of ether oxygens (including phenoxy) is 4. The Bertz CT molecular complexity index is 1460. The third-order valence-electron chi connectivity index (χ3n) is 9.33. The maximum atomic E-state index is 13.5. The molecule has 3 aliphatic heterocycles. The van der Waals surface area contributed by atoms with Crippen molar-refractivity contribution in [1.29, 1.82) is 0 Å². The van der Waals surface area contributed by atoms with Gasteiger partial charge in [-0.3, -0.25) is 9.59 Å². The normalized spacial score (nSPS) is 20.1. The Hall–Kier alpha value is -4.36. The fourth-order valence-electron chi connectivity index (χ4n) is 6.95. The molecule has 0 bridgehead atoms. The molecule has 5 amide bonds. The fourth-order valence-corrected chi connectivity index (χ4v) is 6.95. The Morgan fingerprint density at radius 1 is 0.902 bits per heavy atom. The molecule has 0 aromatic heterocycles. The van der Waals surface area contributed by atoms with Crippen molar-refractivity contribution in [1.82, 2.24) is 25.8 Å². The number of nitrogens with one attached hydrogen (secondary N) is 3. The van der Waals surface area contributed by atoms with Gasteiger partial charge in [-0.05, 0) is 69.2 Å². The van der Waals surface area contributed by atoms with Gasteiger partial charge in [0.25, 0.3) is 0 Å². The molecule has 2 aromatic rings. The highest BCUT2D eigenvalue weighted by atomic mass is 16.6. The average Bonchev–Trinajstić information content (AvgIpc) is 3.11. The van der Waals surface area contributed by atoms with Gasteiger partial charge in [-0.1, -0.05) is 42.5 Å². The first-order valence-electron chi connectivity index (χ1n) is 18.1. The number of hydrogen-bond donors (Lipinski definition) is 3. The van der Waals surface area contributed by atoms with E-state index < -0.39 is 11.7 Å². The predicted molar refractivity (Wildman–Crippen MR) is 190 cm³/mol. The van der Waals surface area contributed by atoms with Crippen LogP contribution in [0.1, 0.15) is 63.5 Å². The van der Waals surface area contributed by atoms with Gasteiger partial charge in [0.05, 0.1) is 31.9 Å². The minimum atomic E-state index is -0.559. The summed E-state index contributed by atoms with van der Waals surface area (Å²) in [5.41, 5.74) is 1.82. The number of amides is 5. The van der Waals surface area contributed by atoms with Crippen molar-refractivity contribution in [2.45, 2.75) is 70.1 Å². The number of urea groups is 1. The van der Waals surface area contributed by atoms with Crippen LogP contribution in [0.25, 0.3) is 0 Å². The van der Waals surface area contributed by atoms with Crippen molar-refractivity contribution in [2.75, 3.05) is 65.7 Å². The van der Waals surface area contributed by atoms with Crippen LogP contribution >= 0.6 is 0 Å². The highest BCUT2D eigenvalue weighted by molar-refractivity contribution is 5.79. The first-order valence-corrected chi connectivity index (χ1v) is 18.1. The van der Waals surface area contributed by atoms with Crippen molar-refractivity contribution in [3.8, 4) is 5.75 Å². The molecule has 3 N–H and O–H groups in total. The van der Waals surface area contributed by atoms with Crippen molar-refractivity contribution in [3.63, 3.8) is 0 Å². The number of nitrogens with zero attached hydrogens (tertiary/aromatic N) is 2. The summed E-state index contributed by atoms with van der Waals surface area (Å²) in [7, 11) is 0. The topological polar surface area (TPSA) is 148 Å². The molecule has 0 saturated carbocycles. The van der Waals surface area contributed by atoms with Crippen LogP contribution < -0.4 is 20.7 Å². The average molecular weight is 708 g/mol. The van der Waals surface area contributed by atoms with Crippen molar-refractivity contribution in [3.05, 3.63) is 65.7 Å². The molecular formula is C38H53N5O8. The highest BCUT2D eigenvalue weighted by Gasteiger charge is 2.38. The molecule has 3 saturated heterocycles. The molecule has 5 rings (SSSR count). The molecular weight excluding hydrogens is 654 g/mol. The van der Waals surface area contributed by atoms with Crippen molar-refractivity contribution < 1.29 is 38.1 Å². The maximum absolute atomic E-state index is 13.5. The lowest BCUT2D eigenvalue weighted by atomic mass is 9.76. The summed E-state index contributed by atoms with van der Waals surface area (Å²) in [5.74, 6) is 0.939. The molecule has 278 valence electrons. The van der Waals surface area contributed by atoms with E-state index in [4.69, 9.17) is 18.9 Å². The number of carbonyl (C=O) groups is 4. The minimum Gasteiger partial charge on any atom is -0.492 e. The van der Waals surface area contributed by atoms with Gasteiger partial charge in [-0.2, -0.15) is 0 Å². The maximum Gasteiger partial charge on any atom is 0.407 e. The second kappa shape index (κ2) is 18.2. The standard InChI is InChI=1S/C38H53N5O8/c1-38(2,3)51-36(46)40-16-22-48-21-15-33(44)39-17-23-49-30-11-7-10-29(24-30)35(27-8-5-4-6-9-27)28-12-18-42(19-13-28)37(47)43-20-14-32-31(25-43)41-34(45)26-50-32/h4-11,24,28,31-32,35H,12-23,25-26H2,1-3H3,(H,39,44)(H,40,46)(H,41,45)/t31-,32?,35-/m1/s1. The lowest BCUT2D eigenvalue weighted by Gasteiger charge is -2.44. The summed E-state index contributed by atoms with van der Waals surface area (Å²) < 4.78 is 22.3. The lowest BCUT2D eigenvalue weighted by Crippen LogP contribution is -2.62. The number of benzene rings is 2. The van der Waals surface area contributed by atoms with Crippen LogP contribution in [-0.2, 0) is 23.8 Å². The quantitative estimate of drug-likeness (QED) is 0.268. The van der Waals surface area contributed by atoms with Gasteiger partial charge in [0.15, 0.2) is 0 Å². The fraction of sp³-hybridized carbons (Fsp3) is 0.579. The summed E-state index contributed by atoms with van der Waals surface area (Å²) in [5, 5.41) is 8.46. The number of likely N-dealkylation sites (tertiary alicyclic amines) is 2. The van der Waals surface area contributed by atoms with E-state index in [-0.39, 0.29) is 62.2 Å². The van der Waals surface area contributed by atoms with Crippen LogP contribution in [0.15, 0.2) is 54.6 Å². The summed E-state index contributed by atoms with van der Waals surface area (Å²) in [6.07, 6.45) is 2.14. The largest absolute Gasteiger partial charge is 0.492 e. The molecule has 0 aliphatic carbocycles. The minimum absolute atomic E-state index is 0.0265. The second-order valence-electron chi connectivity index (χ2n) is 14.3. The number of piperidine rings is 2. The Morgan fingerprint density at radius 3 is 2.39 bits per heavy atom. The van der Waals surface area contributed by atoms with Crippen LogP contribution in [0.4, 0.5) is 9.59 Å². The van der Waals surface area contributed by atoms with Crippen LogP contribution in [0.2, 0.25) is 0 Å². The van der Waals surface area contributed by atoms with E-state index in [9.17, 15) is 19.2 Å². The van der Waals surface area contributed by atoms with E-state index in [1.54, 1.807) is 20.8 Å². The van der Waals surface area contributed by atoms with E-state index in [2.05, 4.69) is 52.3 Å². The molecule has 51 heavy (non-hydrogen) atoms. The van der Waals surface area contributed by atoms with E-state index in [0.29, 0.717) is 51.8 Å². The Balaban J connectivity index is 1.06. The Labute approximate surface area is 300 Å². The number of alkyl carbamates (subject to hydrolysis) is 1. The Morgan fingerprint density at radius 2 is 1.63 bits per heavy atom. The zero-order chi connectivity index (χ0) is 36.2. The molecule has 3 aliphatic rings. The highest BCUT2D eigenvalue weighted by Crippen LogP contribution is 2.39. The molecule has 0 spiro atoms. The summed E-state index contributed by atoms with van der Waals surface area (Å²) in [6.45, 7) is 9.43. The molecule has 1 unspecified atom stereocenters. The van der Waals surface area contributed by atoms with Gasteiger partial charge in [-0.15, -0.1) is 0 Å². The molecule has 3 fully saturated rings. The van der Waals surface area contributed by atoms with Gasteiger partial charge >= 0.3 is 12.1 Å². The van der Waals surface area contributed by atoms with Crippen molar-refractivity contribution >= 4 is 23.9 Å². The molecule has 3 atom stereocenters. The van der Waals surface area contributed by atoms with Gasteiger partial charge in [0.2, 0.25) is 11.8 Å². The SMILES string of the molecule is CC(C)(C)OC(=O)NCCOCCC(=O)NCCOc1cccc([C@H](c2ccccc2)C2CCN(C(=O)N3CCC4OCC(=O)N[C@@H]4C3)CC2)c1. The molecule has 13 nitrogen and oxygen atoms in total. The lowest BCUT2D eigenvalue weighted by molar-refractivity contribution is -0.139. The van der Waals surface area contributed by atoms with Gasteiger partial charge in [0.1, 0.15) is 24.6 Å². The first-order chi connectivity index (χ1) is 24.6. The van der Waals surface area contributed by atoms with E-state index in [1.807, 2.05) is 28.0 Å². The number of hydrogen-bond acceptors (Lipinski definition) is 8. The number of fused-ring (bicyclic) bond motifs is 1. The van der Waals surface area contributed by atoms with E-state index in [1.165, 1.54) is 5.56 Å². The summed E-state index contributed by atoms with van der Waals surface area (Å²) >= 11 is 0. The van der Waals surface area contributed by atoms with E-state index >= 15 is 0 Å². The second-order valence-corrected chi connectivity index (χ2v) is 14.3. The number of morpholine rings is 1. The molecule has 3 heterocycles. The molecule has 0 radical (unpaired) electrons. The van der Waals surface area contributed by atoms with Crippen molar-refractivity contribution in [2.24, 2.45) is 5.92 Å². The van der Waals surface area contributed by atoms with Gasteiger partial charge in [-0.25, -0.2) is 9.59 Å². The number of carbonyl (C=O) groups excluding carboxylic acids is 4. The predicted octanol–water partition coefficient (Wildman–Crippen LogP) is 3.67. The summed E-state index contributed by atoms with van der Waals surface area (Å²) in [6, 6.07) is 18.5. The van der Waals surface area contributed by atoms with Crippen LogP contribution in [0.3, 0.4) is 0 Å². The van der Waals surface area contributed by atoms with E-state index in [0.717, 1.165) is 30.6 Å². The first kappa shape index (κ1) is 37.9. The zero-order valence-corrected chi connectivity index (χ0v) is 30.1. The smallest absolute Gasteiger partial charge is 0.407 e.